The molecule has 0 aromatic carbocycles. The minimum Gasteiger partial charge on any atom is -0.468 e. The summed E-state index contributed by atoms with van der Waals surface area (Å²) in [5.41, 5.74) is 0.403. The maximum Gasteiger partial charge on any atom is 0.341 e. The molecule has 78 valence electrons. The molecule has 1 rings (SSSR count). The summed E-state index contributed by atoms with van der Waals surface area (Å²) in [6.45, 7) is 2.09. The minimum atomic E-state index is -0.394. The minimum absolute atomic E-state index is 0.308. The molecular formula is C9H11BrO4. The molecule has 0 unspecified atom stereocenters. The van der Waals surface area contributed by atoms with Crippen LogP contribution in [0.15, 0.2) is 10.5 Å². The second-order valence-corrected chi connectivity index (χ2v) is 3.02. The zero-order chi connectivity index (χ0) is 10.6. The van der Waals surface area contributed by atoms with Gasteiger partial charge in [-0.1, -0.05) is 15.9 Å². The summed E-state index contributed by atoms with van der Waals surface area (Å²) in [4.78, 5) is 11.4. The highest BCUT2D eigenvalue weighted by Crippen LogP contribution is 2.24. The largest absolute Gasteiger partial charge is 0.468 e. The Morgan fingerprint density at radius 2 is 2.36 bits per heavy atom. The van der Waals surface area contributed by atoms with Crippen molar-refractivity contribution in [2.75, 3.05) is 13.7 Å². The number of hydrogen-bond acceptors (Lipinski definition) is 4. The van der Waals surface area contributed by atoms with Gasteiger partial charge in [0, 0.05) is 6.07 Å². The van der Waals surface area contributed by atoms with Gasteiger partial charge in [0.2, 0.25) is 0 Å². The summed E-state index contributed by atoms with van der Waals surface area (Å²) in [7, 11) is 1.48. The third kappa shape index (κ3) is 2.29. The Bertz CT molecular complexity index is 319. The molecule has 0 fully saturated rings. The summed E-state index contributed by atoms with van der Waals surface area (Å²) >= 11 is 3.21. The summed E-state index contributed by atoms with van der Waals surface area (Å²) < 4.78 is 14.9. The monoisotopic (exact) mass is 262 g/mol. The van der Waals surface area contributed by atoms with E-state index in [-0.39, 0.29) is 0 Å². The first-order valence-electron chi connectivity index (χ1n) is 4.12. The first kappa shape index (κ1) is 11.1. The predicted molar refractivity (Wildman–Crippen MR) is 53.8 cm³/mol. The first-order valence-corrected chi connectivity index (χ1v) is 5.24. The average Bonchev–Trinajstić information content (AvgIpc) is 2.61. The van der Waals surface area contributed by atoms with Crippen molar-refractivity contribution in [2.45, 2.75) is 12.3 Å². The van der Waals surface area contributed by atoms with Gasteiger partial charge < -0.3 is 13.9 Å². The standard InChI is InChI=1S/C9H11BrO4/c1-3-13-9(11)6-4-8(12-2)14-7(6)5-10/h4H,3,5H2,1-2H3. The fraction of sp³-hybridized carbons (Fsp3) is 0.444. The number of alkyl halides is 1. The molecule has 0 aliphatic carbocycles. The van der Waals surface area contributed by atoms with Crippen LogP contribution in [0.4, 0.5) is 0 Å². The smallest absolute Gasteiger partial charge is 0.341 e. The Labute approximate surface area is 90.3 Å². The second kappa shape index (κ2) is 5.05. The number of ether oxygens (including phenoxy) is 2. The predicted octanol–water partition coefficient (Wildman–Crippen LogP) is 2.36. The van der Waals surface area contributed by atoms with Crippen LogP contribution < -0.4 is 4.74 Å². The van der Waals surface area contributed by atoms with Crippen molar-refractivity contribution in [1.29, 1.82) is 0 Å². The van der Waals surface area contributed by atoms with Gasteiger partial charge in [-0.25, -0.2) is 4.79 Å². The number of carbonyl (C=O) groups excluding carboxylic acids is 1. The van der Waals surface area contributed by atoms with E-state index in [2.05, 4.69) is 15.9 Å². The molecule has 0 N–H and O–H groups in total. The van der Waals surface area contributed by atoms with Gasteiger partial charge in [-0.05, 0) is 6.92 Å². The number of halogens is 1. The van der Waals surface area contributed by atoms with Crippen molar-refractivity contribution < 1.29 is 18.7 Å². The fourth-order valence-electron chi connectivity index (χ4n) is 0.986. The zero-order valence-corrected chi connectivity index (χ0v) is 9.59. The topological polar surface area (TPSA) is 48.7 Å². The van der Waals surface area contributed by atoms with Crippen LogP contribution in [-0.4, -0.2) is 19.7 Å². The van der Waals surface area contributed by atoms with Crippen LogP contribution in [0.5, 0.6) is 5.95 Å². The maximum atomic E-state index is 11.4. The summed E-state index contributed by atoms with van der Waals surface area (Å²) in [6.07, 6.45) is 0. The van der Waals surface area contributed by atoms with Crippen molar-refractivity contribution in [3.63, 3.8) is 0 Å². The molecule has 0 saturated carbocycles. The maximum absolute atomic E-state index is 11.4. The lowest BCUT2D eigenvalue weighted by molar-refractivity contribution is 0.0524. The normalized spacial score (nSPS) is 9.93. The molecule has 0 bridgehead atoms. The summed E-state index contributed by atoms with van der Waals surface area (Å²) in [5.74, 6) is 0.428. The number of furan rings is 1. The van der Waals surface area contributed by atoms with Crippen molar-refractivity contribution in [3.05, 3.63) is 17.4 Å². The highest BCUT2D eigenvalue weighted by Gasteiger charge is 2.18. The van der Waals surface area contributed by atoms with Crippen molar-refractivity contribution >= 4 is 21.9 Å². The molecule has 14 heavy (non-hydrogen) atoms. The van der Waals surface area contributed by atoms with Crippen molar-refractivity contribution in [3.8, 4) is 5.95 Å². The van der Waals surface area contributed by atoms with Gasteiger partial charge in [-0.2, -0.15) is 0 Å². The zero-order valence-electron chi connectivity index (χ0n) is 8.00. The Hall–Kier alpha value is -0.970. The summed E-state index contributed by atoms with van der Waals surface area (Å²) in [5, 5.41) is 0.449. The van der Waals surface area contributed by atoms with Gasteiger partial charge in [-0.15, -0.1) is 0 Å². The molecule has 0 aliphatic heterocycles. The van der Waals surface area contributed by atoms with Gasteiger partial charge in [0.15, 0.2) is 0 Å². The highest BCUT2D eigenvalue weighted by molar-refractivity contribution is 9.08. The van der Waals surface area contributed by atoms with E-state index < -0.39 is 5.97 Å². The van der Waals surface area contributed by atoms with Crippen LogP contribution in [0.25, 0.3) is 0 Å². The number of carbonyl (C=O) groups is 1. The van der Waals surface area contributed by atoms with Gasteiger partial charge in [-0.3, -0.25) is 0 Å². The molecule has 0 amide bonds. The molecule has 0 spiro atoms. The Morgan fingerprint density at radius 3 is 2.86 bits per heavy atom. The molecule has 0 radical (unpaired) electrons. The molecule has 1 aromatic heterocycles. The molecule has 1 aromatic rings. The van der Waals surface area contributed by atoms with E-state index in [1.54, 1.807) is 6.92 Å². The lowest BCUT2D eigenvalue weighted by atomic mass is 10.3. The Kier molecular flexibility index (Phi) is 4.00. The van der Waals surface area contributed by atoms with Gasteiger partial charge >= 0.3 is 5.97 Å². The number of rotatable bonds is 4. The van der Waals surface area contributed by atoms with Crippen LogP contribution in [0.3, 0.4) is 0 Å². The Balaban J connectivity index is 2.93. The molecule has 0 saturated heterocycles. The average molecular weight is 263 g/mol. The third-order valence-corrected chi connectivity index (χ3v) is 2.11. The van der Waals surface area contributed by atoms with Crippen molar-refractivity contribution in [1.82, 2.24) is 0 Å². The molecule has 0 aliphatic rings. The SMILES string of the molecule is CCOC(=O)c1cc(OC)oc1CBr. The van der Waals surface area contributed by atoms with Gasteiger partial charge in [0.1, 0.15) is 11.3 Å². The number of methoxy groups -OCH3 is 1. The summed E-state index contributed by atoms with van der Waals surface area (Å²) in [6, 6.07) is 1.52. The van der Waals surface area contributed by atoms with Crippen LogP contribution in [-0.2, 0) is 10.1 Å². The van der Waals surface area contributed by atoms with Gasteiger partial charge in [0.25, 0.3) is 5.95 Å². The third-order valence-electron chi connectivity index (χ3n) is 1.60. The molecule has 1 heterocycles. The first-order chi connectivity index (χ1) is 6.72. The van der Waals surface area contributed by atoms with Crippen LogP contribution in [0, 0.1) is 0 Å². The van der Waals surface area contributed by atoms with Crippen LogP contribution in [0.1, 0.15) is 23.0 Å². The lowest BCUT2D eigenvalue weighted by Crippen LogP contribution is -2.05. The van der Waals surface area contributed by atoms with E-state index in [1.807, 2.05) is 0 Å². The van der Waals surface area contributed by atoms with E-state index in [9.17, 15) is 4.79 Å². The molecule has 5 heteroatoms. The highest BCUT2D eigenvalue weighted by atomic mass is 79.9. The number of esters is 1. The van der Waals surface area contributed by atoms with Crippen LogP contribution >= 0.6 is 15.9 Å². The van der Waals surface area contributed by atoms with E-state index >= 15 is 0 Å². The molecule has 4 nitrogen and oxygen atoms in total. The van der Waals surface area contributed by atoms with Crippen LogP contribution in [0.2, 0.25) is 0 Å². The number of hydrogen-bond donors (Lipinski definition) is 0. The second-order valence-electron chi connectivity index (χ2n) is 2.46. The van der Waals surface area contributed by atoms with E-state index in [0.717, 1.165) is 0 Å². The van der Waals surface area contributed by atoms with E-state index in [4.69, 9.17) is 13.9 Å². The van der Waals surface area contributed by atoms with Gasteiger partial charge in [0.05, 0.1) is 19.0 Å². The molecule has 0 atom stereocenters. The van der Waals surface area contributed by atoms with Crippen molar-refractivity contribution in [2.24, 2.45) is 0 Å². The molecular weight excluding hydrogens is 252 g/mol. The fourth-order valence-corrected chi connectivity index (χ4v) is 1.40. The van der Waals surface area contributed by atoms with E-state index in [1.165, 1.54) is 13.2 Å². The quantitative estimate of drug-likeness (QED) is 0.618. The lowest BCUT2D eigenvalue weighted by Gasteiger charge is -1.98. The Morgan fingerprint density at radius 1 is 1.64 bits per heavy atom. The van der Waals surface area contributed by atoms with E-state index in [0.29, 0.717) is 29.2 Å².